The number of carboxylic acids is 1. The third-order valence-electron chi connectivity index (χ3n) is 2.86. The summed E-state index contributed by atoms with van der Waals surface area (Å²) < 4.78 is 6.64. The van der Waals surface area contributed by atoms with Crippen LogP contribution in [0.3, 0.4) is 0 Å². The first-order chi connectivity index (χ1) is 11.5. The van der Waals surface area contributed by atoms with Crippen LogP contribution in [0.15, 0.2) is 24.4 Å². The lowest BCUT2D eigenvalue weighted by Crippen LogP contribution is -2.29. The highest BCUT2D eigenvalue weighted by molar-refractivity contribution is 6.35. The molecule has 0 atom stereocenters. The topological polar surface area (TPSA) is 106 Å². The van der Waals surface area contributed by atoms with Crippen molar-refractivity contribution in [3.05, 3.63) is 40.1 Å². The number of carbonyl (C=O) groups is 2. The van der Waals surface area contributed by atoms with Crippen molar-refractivity contribution in [1.29, 1.82) is 0 Å². The molecule has 0 saturated heterocycles. The minimum Gasteiger partial charge on any atom is -0.492 e. The molecule has 0 aliphatic rings. The Balaban J connectivity index is 1.66. The van der Waals surface area contributed by atoms with Crippen molar-refractivity contribution in [3.63, 3.8) is 0 Å². The normalized spacial score (nSPS) is 10.4. The summed E-state index contributed by atoms with van der Waals surface area (Å²) in [5.41, 5.74) is -0.212. The Morgan fingerprint density at radius 1 is 1.33 bits per heavy atom. The highest BCUT2D eigenvalue weighted by atomic mass is 35.5. The van der Waals surface area contributed by atoms with Gasteiger partial charge in [-0.15, -0.1) is 5.10 Å². The van der Waals surface area contributed by atoms with Crippen LogP contribution in [0.1, 0.15) is 16.9 Å². The van der Waals surface area contributed by atoms with Gasteiger partial charge in [0.25, 0.3) is 0 Å². The zero-order valence-corrected chi connectivity index (χ0v) is 13.9. The number of halogens is 2. The molecular formula is C14H14Cl2N4O4. The summed E-state index contributed by atoms with van der Waals surface area (Å²) >= 11 is 11.8. The van der Waals surface area contributed by atoms with Gasteiger partial charge in [0, 0.05) is 11.6 Å². The molecule has 2 rings (SSSR count). The van der Waals surface area contributed by atoms with E-state index < -0.39 is 5.97 Å². The highest BCUT2D eigenvalue weighted by Gasteiger charge is 2.10. The highest BCUT2D eigenvalue weighted by Crippen LogP contribution is 2.27. The van der Waals surface area contributed by atoms with Gasteiger partial charge in [-0.1, -0.05) is 28.4 Å². The molecule has 0 aliphatic heterocycles. The second kappa shape index (κ2) is 8.51. The molecule has 0 aliphatic carbocycles. The summed E-state index contributed by atoms with van der Waals surface area (Å²) in [7, 11) is 0. The van der Waals surface area contributed by atoms with Gasteiger partial charge in [0.15, 0.2) is 5.69 Å². The number of nitrogens with zero attached hydrogens (tertiary/aromatic N) is 3. The maximum atomic E-state index is 11.7. The third-order valence-corrected chi connectivity index (χ3v) is 3.39. The Labute approximate surface area is 147 Å². The van der Waals surface area contributed by atoms with E-state index in [4.69, 9.17) is 33.0 Å². The fourth-order valence-corrected chi connectivity index (χ4v) is 2.21. The molecule has 0 bridgehead atoms. The van der Waals surface area contributed by atoms with Crippen LogP contribution in [0.2, 0.25) is 10.0 Å². The zero-order chi connectivity index (χ0) is 17.5. The van der Waals surface area contributed by atoms with Crippen molar-refractivity contribution in [1.82, 2.24) is 20.3 Å². The van der Waals surface area contributed by atoms with Crippen LogP contribution >= 0.6 is 23.2 Å². The molecule has 0 saturated carbocycles. The Morgan fingerprint density at radius 3 is 2.79 bits per heavy atom. The van der Waals surface area contributed by atoms with E-state index >= 15 is 0 Å². The average molecular weight is 373 g/mol. The van der Waals surface area contributed by atoms with Crippen LogP contribution in [0, 0.1) is 0 Å². The van der Waals surface area contributed by atoms with Gasteiger partial charge in [-0.25, -0.2) is 9.48 Å². The number of nitrogens with one attached hydrogen (secondary N) is 1. The average Bonchev–Trinajstić information content (AvgIpc) is 2.97. The maximum Gasteiger partial charge on any atom is 0.358 e. The van der Waals surface area contributed by atoms with Crippen molar-refractivity contribution in [2.75, 3.05) is 13.2 Å². The summed E-state index contributed by atoms with van der Waals surface area (Å²) in [6, 6.07) is 4.94. The lowest BCUT2D eigenvalue weighted by atomic mass is 10.3. The van der Waals surface area contributed by atoms with E-state index in [0.29, 0.717) is 35.4 Å². The van der Waals surface area contributed by atoms with Crippen LogP contribution in [0.4, 0.5) is 0 Å². The minimum absolute atomic E-state index is 0.107. The van der Waals surface area contributed by atoms with E-state index in [-0.39, 0.29) is 18.1 Å². The van der Waals surface area contributed by atoms with E-state index in [1.165, 1.54) is 6.20 Å². The van der Waals surface area contributed by atoms with Crippen LogP contribution in [-0.2, 0) is 11.3 Å². The molecule has 1 aromatic heterocycles. The van der Waals surface area contributed by atoms with Gasteiger partial charge in [-0.05, 0) is 24.6 Å². The van der Waals surface area contributed by atoms with Gasteiger partial charge in [0.2, 0.25) is 5.91 Å². The van der Waals surface area contributed by atoms with Gasteiger partial charge in [0.1, 0.15) is 12.3 Å². The number of hydrogen-bond donors (Lipinski definition) is 2. The molecule has 1 aromatic carbocycles. The van der Waals surface area contributed by atoms with Crippen molar-refractivity contribution < 1.29 is 19.4 Å². The van der Waals surface area contributed by atoms with Crippen LogP contribution in [-0.4, -0.2) is 45.1 Å². The molecule has 1 amide bonds. The number of aromatic nitrogens is 3. The standard InChI is InChI=1S/C14H14Cl2N4O4/c15-9-2-3-12(10(16)6-9)24-5-1-4-17-13(21)8-20-7-11(14(22)23)18-19-20/h2-3,6-7H,1,4-5,8H2,(H,17,21)(H,22,23). The number of carbonyl (C=O) groups excluding carboxylic acids is 1. The van der Waals surface area contributed by atoms with Gasteiger partial charge in [-0.2, -0.15) is 0 Å². The molecule has 128 valence electrons. The minimum atomic E-state index is -1.19. The maximum absolute atomic E-state index is 11.7. The number of benzene rings is 1. The molecule has 1 heterocycles. The van der Waals surface area contributed by atoms with Crippen molar-refractivity contribution in [2.45, 2.75) is 13.0 Å². The largest absolute Gasteiger partial charge is 0.492 e. The molecule has 24 heavy (non-hydrogen) atoms. The lowest BCUT2D eigenvalue weighted by molar-refractivity contribution is -0.121. The summed E-state index contributed by atoms with van der Waals surface area (Å²) in [5.74, 6) is -0.975. The fourth-order valence-electron chi connectivity index (χ4n) is 1.75. The molecular weight excluding hydrogens is 359 g/mol. The molecule has 0 radical (unpaired) electrons. The van der Waals surface area contributed by atoms with Crippen LogP contribution < -0.4 is 10.1 Å². The number of hydrogen-bond acceptors (Lipinski definition) is 5. The van der Waals surface area contributed by atoms with Crippen molar-refractivity contribution >= 4 is 35.1 Å². The van der Waals surface area contributed by atoms with Gasteiger partial charge >= 0.3 is 5.97 Å². The number of rotatable bonds is 8. The number of ether oxygens (including phenoxy) is 1. The number of aromatic carboxylic acids is 1. The monoisotopic (exact) mass is 372 g/mol. The Hall–Kier alpha value is -2.32. The number of amides is 1. The SMILES string of the molecule is O=C(Cn1cc(C(=O)O)nn1)NCCCOc1ccc(Cl)cc1Cl. The molecule has 2 N–H and O–H groups in total. The molecule has 0 spiro atoms. The molecule has 0 unspecified atom stereocenters. The first-order valence-electron chi connectivity index (χ1n) is 6.93. The van der Waals surface area contributed by atoms with Crippen LogP contribution in [0.25, 0.3) is 0 Å². The second-order valence-corrected chi connectivity index (χ2v) is 5.58. The predicted octanol–water partition coefficient (Wildman–Crippen LogP) is 1.87. The first-order valence-corrected chi connectivity index (χ1v) is 7.69. The quantitative estimate of drug-likeness (QED) is 0.685. The van der Waals surface area contributed by atoms with Gasteiger partial charge in [0.05, 0.1) is 17.8 Å². The van der Waals surface area contributed by atoms with E-state index in [0.717, 1.165) is 4.68 Å². The summed E-state index contributed by atoms with van der Waals surface area (Å²) in [6.45, 7) is 0.656. The van der Waals surface area contributed by atoms with Crippen molar-refractivity contribution in [3.8, 4) is 5.75 Å². The molecule has 0 fully saturated rings. The van der Waals surface area contributed by atoms with Crippen molar-refractivity contribution in [2.24, 2.45) is 0 Å². The Morgan fingerprint density at radius 2 is 2.12 bits per heavy atom. The summed E-state index contributed by atoms with van der Waals surface area (Å²) in [4.78, 5) is 22.3. The zero-order valence-electron chi connectivity index (χ0n) is 12.4. The molecule has 2 aromatic rings. The van der Waals surface area contributed by atoms with E-state index in [2.05, 4.69) is 15.6 Å². The fraction of sp³-hybridized carbons (Fsp3) is 0.286. The number of carboxylic acid groups (broad SMARTS) is 1. The molecule has 8 nitrogen and oxygen atoms in total. The predicted molar refractivity (Wildman–Crippen MR) is 86.6 cm³/mol. The first kappa shape index (κ1) is 18.0. The smallest absolute Gasteiger partial charge is 0.358 e. The summed E-state index contributed by atoms with van der Waals surface area (Å²) in [6.07, 6.45) is 1.76. The van der Waals surface area contributed by atoms with Gasteiger partial charge in [-0.3, -0.25) is 4.79 Å². The lowest BCUT2D eigenvalue weighted by Gasteiger charge is -2.09. The van der Waals surface area contributed by atoms with E-state index in [9.17, 15) is 9.59 Å². The van der Waals surface area contributed by atoms with Gasteiger partial charge < -0.3 is 15.2 Å². The summed E-state index contributed by atoms with van der Waals surface area (Å²) in [5, 5.41) is 19.3. The van der Waals surface area contributed by atoms with E-state index in [1.54, 1.807) is 18.2 Å². The second-order valence-electron chi connectivity index (χ2n) is 4.73. The van der Waals surface area contributed by atoms with E-state index in [1.807, 2.05) is 0 Å². The molecule has 10 heteroatoms. The third kappa shape index (κ3) is 5.39. The van der Waals surface area contributed by atoms with Crippen LogP contribution in [0.5, 0.6) is 5.75 Å². The Kier molecular flexibility index (Phi) is 6.39. The Bertz CT molecular complexity index is 735.